The van der Waals surface area contributed by atoms with E-state index in [0.29, 0.717) is 17.9 Å². The molecule has 3 nitrogen and oxygen atoms in total. The van der Waals surface area contributed by atoms with Crippen molar-refractivity contribution in [3.05, 3.63) is 17.7 Å². The van der Waals surface area contributed by atoms with Gasteiger partial charge in [0.2, 0.25) is 0 Å². The summed E-state index contributed by atoms with van der Waals surface area (Å²) in [7, 11) is 0. The standard InChI is InChI=1S/C11H16O3/c1-7(2)3-4-9-10(13)5-8(12)6-11(9)14/h5-7,12-14H,3-4H2,1-2H3. The molecule has 0 atom stereocenters. The Morgan fingerprint density at radius 2 is 1.57 bits per heavy atom. The molecule has 78 valence electrons. The van der Waals surface area contributed by atoms with Crippen LogP contribution < -0.4 is 0 Å². The van der Waals surface area contributed by atoms with E-state index in [9.17, 15) is 10.2 Å². The minimum absolute atomic E-state index is 0.0387. The van der Waals surface area contributed by atoms with Crippen LogP contribution in [0, 0.1) is 5.92 Å². The molecule has 0 bridgehead atoms. The van der Waals surface area contributed by atoms with E-state index in [-0.39, 0.29) is 17.2 Å². The minimum Gasteiger partial charge on any atom is -0.508 e. The Hall–Kier alpha value is -1.38. The van der Waals surface area contributed by atoms with Crippen molar-refractivity contribution in [3.63, 3.8) is 0 Å². The molecule has 0 fully saturated rings. The molecule has 0 radical (unpaired) electrons. The molecule has 1 aromatic rings. The second kappa shape index (κ2) is 4.22. The van der Waals surface area contributed by atoms with Crippen LogP contribution in [0.3, 0.4) is 0 Å². The Morgan fingerprint density at radius 3 is 2.00 bits per heavy atom. The molecular weight excluding hydrogens is 180 g/mol. The SMILES string of the molecule is CC(C)CCc1c(O)cc(O)cc1O. The van der Waals surface area contributed by atoms with Crippen molar-refractivity contribution in [2.75, 3.05) is 0 Å². The highest BCUT2D eigenvalue weighted by Crippen LogP contribution is 2.33. The van der Waals surface area contributed by atoms with Crippen LogP contribution in [-0.4, -0.2) is 15.3 Å². The lowest BCUT2D eigenvalue weighted by atomic mass is 10.0. The predicted molar refractivity (Wildman–Crippen MR) is 54.6 cm³/mol. The van der Waals surface area contributed by atoms with Crippen molar-refractivity contribution in [1.29, 1.82) is 0 Å². The van der Waals surface area contributed by atoms with Crippen LogP contribution in [0.1, 0.15) is 25.8 Å². The van der Waals surface area contributed by atoms with Gasteiger partial charge in [-0.2, -0.15) is 0 Å². The first-order valence-corrected chi connectivity index (χ1v) is 4.74. The maximum Gasteiger partial charge on any atom is 0.126 e. The van der Waals surface area contributed by atoms with Crippen molar-refractivity contribution in [1.82, 2.24) is 0 Å². The number of hydrogen-bond acceptors (Lipinski definition) is 3. The van der Waals surface area contributed by atoms with Gasteiger partial charge in [-0.1, -0.05) is 13.8 Å². The van der Waals surface area contributed by atoms with Gasteiger partial charge >= 0.3 is 0 Å². The van der Waals surface area contributed by atoms with Gasteiger partial charge in [-0.05, 0) is 18.8 Å². The highest BCUT2D eigenvalue weighted by atomic mass is 16.3. The summed E-state index contributed by atoms with van der Waals surface area (Å²) < 4.78 is 0. The smallest absolute Gasteiger partial charge is 0.126 e. The first kappa shape index (κ1) is 10.7. The van der Waals surface area contributed by atoms with E-state index in [2.05, 4.69) is 13.8 Å². The van der Waals surface area contributed by atoms with Crippen molar-refractivity contribution in [3.8, 4) is 17.2 Å². The molecule has 0 aliphatic rings. The van der Waals surface area contributed by atoms with E-state index in [4.69, 9.17) is 5.11 Å². The van der Waals surface area contributed by atoms with E-state index >= 15 is 0 Å². The molecule has 0 aliphatic heterocycles. The van der Waals surface area contributed by atoms with Gasteiger partial charge in [-0.25, -0.2) is 0 Å². The molecule has 0 heterocycles. The zero-order chi connectivity index (χ0) is 10.7. The summed E-state index contributed by atoms with van der Waals surface area (Å²) in [6.07, 6.45) is 1.52. The molecule has 0 saturated heterocycles. The molecule has 1 rings (SSSR count). The van der Waals surface area contributed by atoms with E-state index in [1.165, 1.54) is 12.1 Å². The van der Waals surface area contributed by atoms with Gasteiger partial charge in [0.25, 0.3) is 0 Å². The molecule has 0 amide bonds. The van der Waals surface area contributed by atoms with Gasteiger partial charge in [-0.15, -0.1) is 0 Å². The molecule has 0 saturated carbocycles. The number of benzene rings is 1. The first-order chi connectivity index (χ1) is 6.50. The van der Waals surface area contributed by atoms with E-state index in [1.807, 2.05) is 0 Å². The van der Waals surface area contributed by atoms with Gasteiger partial charge in [0, 0.05) is 17.7 Å². The topological polar surface area (TPSA) is 60.7 Å². The van der Waals surface area contributed by atoms with Crippen molar-refractivity contribution in [2.24, 2.45) is 5.92 Å². The second-order valence-corrected chi connectivity index (χ2v) is 3.90. The van der Waals surface area contributed by atoms with Crippen molar-refractivity contribution < 1.29 is 15.3 Å². The zero-order valence-electron chi connectivity index (χ0n) is 8.49. The summed E-state index contributed by atoms with van der Waals surface area (Å²) in [5.74, 6) is 0.321. The summed E-state index contributed by atoms with van der Waals surface area (Å²) >= 11 is 0. The number of hydrogen-bond donors (Lipinski definition) is 3. The summed E-state index contributed by atoms with van der Waals surface area (Å²) in [4.78, 5) is 0. The average molecular weight is 196 g/mol. The summed E-state index contributed by atoms with van der Waals surface area (Å²) in [5.41, 5.74) is 0.511. The molecule has 0 spiro atoms. The van der Waals surface area contributed by atoms with Gasteiger partial charge in [-0.3, -0.25) is 0 Å². The maximum atomic E-state index is 9.47. The lowest BCUT2D eigenvalue weighted by molar-refractivity contribution is 0.415. The highest BCUT2D eigenvalue weighted by Gasteiger charge is 2.09. The van der Waals surface area contributed by atoms with Gasteiger partial charge in [0.15, 0.2) is 0 Å². The largest absolute Gasteiger partial charge is 0.508 e. The van der Waals surface area contributed by atoms with E-state index < -0.39 is 0 Å². The average Bonchev–Trinajstić information content (AvgIpc) is 2.01. The predicted octanol–water partition coefficient (Wildman–Crippen LogP) is 2.39. The van der Waals surface area contributed by atoms with Crippen LogP contribution in [0.4, 0.5) is 0 Å². The van der Waals surface area contributed by atoms with Crippen LogP contribution in [-0.2, 0) is 6.42 Å². The zero-order valence-corrected chi connectivity index (χ0v) is 8.49. The fraction of sp³-hybridized carbons (Fsp3) is 0.455. The summed E-state index contributed by atoms with van der Waals surface area (Å²) in [6.45, 7) is 4.16. The van der Waals surface area contributed by atoms with Crippen LogP contribution in [0.5, 0.6) is 17.2 Å². The minimum atomic E-state index is -0.117. The van der Waals surface area contributed by atoms with Gasteiger partial charge in [0.05, 0.1) is 0 Å². The Bertz CT molecular complexity index is 295. The van der Waals surface area contributed by atoms with Gasteiger partial charge in [0.1, 0.15) is 17.2 Å². The second-order valence-electron chi connectivity index (χ2n) is 3.90. The molecule has 0 aliphatic carbocycles. The Kier molecular flexibility index (Phi) is 3.23. The summed E-state index contributed by atoms with van der Waals surface area (Å²) in [6, 6.07) is 2.49. The van der Waals surface area contributed by atoms with E-state index in [0.717, 1.165) is 6.42 Å². The lowest BCUT2D eigenvalue weighted by Crippen LogP contribution is -1.93. The first-order valence-electron chi connectivity index (χ1n) is 4.74. The van der Waals surface area contributed by atoms with Crippen molar-refractivity contribution >= 4 is 0 Å². The molecule has 3 heteroatoms. The highest BCUT2D eigenvalue weighted by molar-refractivity contribution is 5.48. The monoisotopic (exact) mass is 196 g/mol. The normalized spacial score (nSPS) is 10.8. The lowest BCUT2D eigenvalue weighted by Gasteiger charge is -2.09. The molecule has 0 aromatic heterocycles. The van der Waals surface area contributed by atoms with Crippen LogP contribution in [0.15, 0.2) is 12.1 Å². The molecule has 1 aromatic carbocycles. The van der Waals surface area contributed by atoms with Crippen molar-refractivity contribution in [2.45, 2.75) is 26.7 Å². The Balaban J connectivity index is 2.86. The fourth-order valence-electron chi connectivity index (χ4n) is 1.32. The number of phenolic OH excluding ortho intramolecular Hbond substituents is 3. The Labute approximate surface area is 83.6 Å². The van der Waals surface area contributed by atoms with Crippen LogP contribution in [0.25, 0.3) is 0 Å². The quantitative estimate of drug-likeness (QED) is 0.695. The number of phenols is 3. The third-order valence-electron chi connectivity index (χ3n) is 2.16. The third kappa shape index (κ3) is 2.55. The molecule has 14 heavy (non-hydrogen) atoms. The molecule has 3 N–H and O–H groups in total. The fourth-order valence-corrected chi connectivity index (χ4v) is 1.32. The van der Waals surface area contributed by atoms with Crippen LogP contribution in [0.2, 0.25) is 0 Å². The molecule has 0 unspecified atom stereocenters. The van der Waals surface area contributed by atoms with Crippen LogP contribution >= 0.6 is 0 Å². The van der Waals surface area contributed by atoms with Gasteiger partial charge < -0.3 is 15.3 Å². The summed E-state index contributed by atoms with van der Waals surface area (Å²) in [5, 5.41) is 28.0. The number of aromatic hydroxyl groups is 3. The van der Waals surface area contributed by atoms with E-state index in [1.54, 1.807) is 0 Å². The maximum absolute atomic E-state index is 9.47. The molecular formula is C11H16O3. The Morgan fingerprint density at radius 1 is 1.07 bits per heavy atom. The number of rotatable bonds is 3. The third-order valence-corrected chi connectivity index (χ3v) is 2.16.